The predicted molar refractivity (Wildman–Crippen MR) is 75.9 cm³/mol. The molecule has 3 N–H and O–H groups in total. The minimum Gasteiger partial charge on any atom is -0.487 e. The molecule has 0 saturated carbocycles. The van der Waals surface area contributed by atoms with E-state index in [2.05, 4.69) is 5.32 Å². The van der Waals surface area contributed by atoms with Crippen molar-refractivity contribution in [2.75, 3.05) is 11.1 Å². The van der Waals surface area contributed by atoms with E-state index in [0.29, 0.717) is 22.7 Å². The molecule has 0 aliphatic rings. The van der Waals surface area contributed by atoms with Crippen molar-refractivity contribution in [2.24, 2.45) is 0 Å². The maximum absolute atomic E-state index is 13.2. The molecule has 0 radical (unpaired) electrons. The molecule has 0 aliphatic heterocycles. The third kappa shape index (κ3) is 3.47. The van der Waals surface area contributed by atoms with Gasteiger partial charge in [-0.1, -0.05) is 12.1 Å². The van der Waals surface area contributed by atoms with Crippen molar-refractivity contribution in [1.29, 1.82) is 0 Å². The van der Waals surface area contributed by atoms with E-state index in [9.17, 15) is 9.18 Å². The third-order valence-electron chi connectivity index (χ3n) is 2.69. The van der Waals surface area contributed by atoms with Gasteiger partial charge in [0.25, 0.3) is 0 Å². The summed E-state index contributed by atoms with van der Waals surface area (Å²) in [4.78, 5) is 11.1. The molecule has 0 heterocycles. The number of nitrogens with two attached hydrogens (primary N) is 1. The summed E-state index contributed by atoms with van der Waals surface area (Å²) in [6.07, 6.45) is 0. The molecule has 2 aromatic carbocycles. The molecule has 4 nitrogen and oxygen atoms in total. The minimum absolute atomic E-state index is 0.125. The Morgan fingerprint density at radius 3 is 2.80 bits per heavy atom. The van der Waals surface area contributed by atoms with E-state index in [0.717, 1.165) is 0 Å². The lowest BCUT2D eigenvalue weighted by Crippen LogP contribution is -2.08. The summed E-state index contributed by atoms with van der Waals surface area (Å²) in [5, 5.41) is 2.67. The maximum Gasteiger partial charge on any atom is 0.221 e. The van der Waals surface area contributed by atoms with Gasteiger partial charge in [-0.05, 0) is 30.3 Å². The number of halogens is 1. The van der Waals surface area contributed by atoms with Crippen LogP contribution in [0, 0.1) is 5.82 Å². The van der Waals surface area contributed by atoms with Crippen LogP contribution in [0.15, 0.2) is 42.5 Å². The SMILES string of the molecule is CC(=O)Nc1ccccc1OCc1cc(F)ccc1N. The smallest absolute Gasteiger partial charge is 0.221 e. The topological polar surface area (TPSA) is 64.3 Å². The molecule has 0 atom stereocenters. The average molecular weight is 274 g/mol. The highest BCUT2D eigenvalue weighted by Crippen LogP contribution is 2.25. The Morgan fingerprint density at radius 2 is 2.05 bits per heavy atom. The summed E-state index contributed by atoms with van der Waals surface area (Å²) < 4.78 is 18.8. The standard InChI is InChI=1S/C15H15FN2O2/c1-10(19)18-14-4-2-3-5-15(14)20-9-11-8-12(16)6-7-13(11)17/h2-8H,9,17H2,1H3,(H,18,19). The molecule has 20 heavy (non-hydrogen) atoms. The highest BCUT2D eigenvalue weighted by molar-refractivity contribution is 5.90. The lowest BCUT2D eigenvalue weighted by Gasteiger charge is -2.12. The van der Waals surface area contributed by atoms with Crippen LogP contribution in [0.3, 0.4) is 0 Å². The molecule has 0 fully saturated rings. The number of amides is 1. The summed E-state index contributed by atoms with van der Waals surface area (Å²) in [6, 6.07) is 11.1. The Hall–Kier alpha value is -2.56. The van der Waals surface area contributed by atoms with Gasteiger partial charge in [-0.2, -0.15) is 0 Å². The van der Waals surface area contributed by atoms with E-state index >= 15 is 0 Å². The monoisotopic (exact) mass is 274 g/mol. The molecule has 5 heteroatoms. The van der Waals surface area contributed by atoms with Gasteiger partial charge >= 0.3 is 0 Å². The number of para-hydroxylation sites is 2. The summed E-state index contributed by atoms with van der Waals surface area (Å²) in [7, 11) is 0. The number of ether oxygens (including phenoxy) is 1. The number of nitrogen functional groups attached to an aromatic ring is 1. The van der Waals surface area contributed by atoms with Crippen molar-refractivity contribution >= 4 is 17.3 Å². The first-order valence-electron chi connectivity index (χ1n) is 6.09. The first kappa shape index (κ1) is 13.9. The van der Waals surface area contributed by atoms with Gasteiger partial charge in [0.05, 0.1) is 5.69 Å². The maximum atomic E-state index is 13.2. The molecule has 0 bridgehead atoms. The van der Waals surface area contributed by atoms with Crippen LogP contribution in [0.1, 0.15) is 12.5 Å². The molecule has 1 amide bonds. The lowest BCUT2D eigenvalue weighted by molar-refractivity contribution is -0.114. The van der Waals surface area contributed by atoms with Gasteiger partial charge < -0.3 is 15.8 Å². The van der Waals surface area contributed by atoms with Crippen LogP contribution < -0.4 is 15.8 Å². The van der Waals surface area contributed by atoms with Crippen LogP contribution in [0.25, 0.3) is 0 Å². The molecule has 0 spiro atoms. The van der Waals surface area contributed by atoms with Crippen molar-refractivity contribution in [3.8, 4) is 5.75 Å². The molecule has 0 aromatic heterocycles. The number of benzene rings is 2. The molecule has 0 saturated heterocycles. The Kier molecular flexibility index (Phi) is 4.20. The normalized spacial score (nSPS) is 10.1. The summed E-state index contributed by atoms with van der Waals surface area (Å²) in [6.45, 7) is 1.54. The molecule has 0 unspecified atom stereocenters. The number of carbonyl (C=O) groups is 1. The van der Waals surface area contributed by atoms with Crippen molar-refractivity contribution in [2.45, 2.75) is 13.5 Å². The average Bonchev–Trinajstić information content (AvgIpc) is 2.41. The fourth-order valence-electron chi connectivity index (χ4n) is 1.74. The fourth-order valence-corrected chi connectivity index (χ4v) is 1.74. The van der Waals surface area contributed by atoms with Gasteiger partial charge in [-0.3, -0.25) is 4.79 Å². The van der Waals surface area contributed by atoms with E-state index in [4.69, 9.17) is 10.5 Å². The first-order valence-corrected chi connectivity index (χ1v) is 6.09. The van der Waals surface area contributed by atoms with Crippen molar-refractivity contribution < 1.29 is 13.9 Å². The van der Waals surface area contributed by atoms with Crippen molar-refractivity contribution in [1.82, 2.24) is 0 Å². The summed E-state index contributed by atoms with van der Waals surface area (Å²) in [5.41, 5.74) is 7.34. The van der Waals surface area contributed by atoms with Gasteiger partial charge in [0, 0.05) is 18.2 Å². The number of rotatable bonds is 4. The van der Waals surface area contributed by atoms with Crippen LogP contribution in [0.4, 0.5) is 15.8 Å². The van der Waals surface area contributed by atoms with E-state index in [1.807, 2.05) is 0 Å². The van der Waals surface area contributed by atoms with Crippen LogP contribution >= 0.6 is 0 Å². The second-order valence-electron chi connectivity index (χ2n) is 4.31. The Balaban J connectivity index is 2.14. The van der Waals surface area contributed by atoms with Gasteiger partial charge in [0.15, 0.2) is 0 Å². The number of nitrogens with one attached hydrogen (secondary N) is 1. The quantitative estimate of drug-likeness (QED) is 0.842. The largest absolute Gasteiger partial charge is 0.487 e. The second-order valence-corrected chi connectivity index (χ2v) is 4.31. The molecule has 2 rings (SSSR count). The van der Waals surface area contributed by atoms with E-state index in [1.165, 1.54) is 25.1 Å². The van der Waals surface area contributed by atoms with E-state index in [1.54, 1.807) is 24.3 Å². The minimum atomic E-state index is -0.368. The Bertz CT molecular complexity index is 629. The number of carbonyl (C=O) groups excluding carboxylic acids is 1. The van der Waals surface area contributed by atoms with Crippen LogP contribution in [0.5, 0.6) is 5.75 Å². The van der Waals surface area contributed by atoms with E-state index < -0.39 is 0 Å². The highest BCUT2D eigenvalue weighted by Gasteiger charge is 2.07. The predicted octanol–water partition coefficient (Wildman–Crippen LogP) is 2.95. The summed E-state index contributed by atoms with van der Waals surface area (Å²) >= 11 is 0. The first-order chi connectivity index (χ1) is 9.56. The fraction of sp³-hybridized carbons (Fsp3) is 0.133. The molecule has 104 valence electrons. The Morgan fingerprint density at radius 1 is 1.30 bits per heavy atom. The zero-order chi connectivity index (χ0) is 14.5. The van der Waals surface area contributed by atoms with Gasteiger partial charge in [-0.25, -0.2) is 4.39 Å². The van der Waals surface area contributed by atoms with Gasteiger partial charge in [-0.15, -0.1) is 0 Å². The third-order valence-corrected chi connectivity index (χ3v) is 2.69. The second kappa shape index (κ2) is 6.06. The number of anilines is 2. The molecule has 0 aliphatic carbocycles. The summed E-state index contributed by atoms with van der Waals surface area (Å²) in [5.74, 6) is -0.0503. The van der Waals surface area contributed by atoms with Crippen LogP contribution in [-0.2, 0) is 11.4 Å². The van der Waals surface area contributed by atoms with Crippen LogP contribution in [0.2, 0.25) is 0 Å². The van der Waals surface area contributed by atoms with Crippen molar-refractivity contribution in [3.05, 3.63) is 53.8 Å². The number of hydrogen-bond acceptors (Lipinski definition) is 3. The lowest BCUT2D eigenvalue weighted by atomic mass is 10.2. The zero-order valence-corrected chi connectivity index (χ0v) is 11.0. The van der Waals surface area contributed by atoms with Crippen molar-refractivity contribution in [3.63, 3.8) is 0 Å². The zero-order valence-electron chi connectivity index (χ0n) is 11.0. The molecular weight excluding hydrogens is 259 g/mol. The van der Waals surface area contributed by atoms with Gasteiger partial charge in [0.1, 0.15) is 18.2 Å². The molecular formula is C15H15FN2O2. The van der Waals surface area contributed by atoms with Gasteiger partial charge in [0.2, 0.25) is 5.91 Å². The number of hydrogen-bond donors (Lipinski definition) is 2. The Labute approximate surface area is 116 Å². The highest BCUT2D eigenvalue weighted by atomic mass is 19.1. The van der Waals surface area contributed by atoms with Crippen LogP contribution in [-0.4, -0.2) is 5.91 Å². The van der Waals surface area contributed by atoms with E-state index in [-0.39, 0.29) is 18.3 Å². The molecule has 2 aromatic rings.